The number of carbonyl (C=O) groups is 2. The number of thioether (sulfide) groups is 1. The molecule has 0 unspecified atom stereocenters. The molecule has 0 bridgehead atoms. The number of carbonyl (C=O) groups excluding carboxylic acids is 2. The number of hydrogen-bond acceptors (Lipinski definition) is 5. The standard InChI is InChI=1S/C21H20N2O3S2/c24-19(22-11-12-23-20(25)15-28-21(23)27)10-9-16-7-4-8-18(13-16)26-14-17-5-2-1-3-6-17/h1-10,13H,11-12,14-15H2,(H,22,24)/b10-9+. The second-order valence-corrected chi connectivity index (χ2v) is 7.68. The Kier molecular flexibility index (Phi) is 7.22. The Labute approximate surface area is 173 Å². The quantitative estimate of drug-likeness (QED) is 0.533. The Hall–Kier alpha value is -2.64. The van der Waals surface area contributed by atoms with Crippen LogP contribution in [0.15, 0.2) is 60.7 Å². The summed E-state index contributed by atoms with van der Waals surface area (Å²) in [5.74, 6) is 0.896. The van der Waals surface area contributed by atoms with Crippen molar-refractivity contribution in [2.75, 3.05) is 18.8 Å². The lowest BCUT2D eigenvalue weighted by Gasteiger charge is -2.14. The number of nitrogens with zero attached hydrogens (tertiary/aromatic N) is 1. The minimum Gasteiger partial charge on any atom is -0.489 e. The molecule has 7 heteroatoms. The van der Waals surface area contributed by atoms with Gasteiger partial charge in [-0.3, -0.25) is 14.5 Å². The van der Waals surface area contributed by atoms with Gasteiger partial charge >= 0.3 is 0 Å². The molecule has 0 radical (unpaired) electrons. The first-order valence-electron chi connectivity index (χ1n) is 8.81. The maximum Gasteiger partial charge on any atom is 0.244 e. The Morgan fingerprint density at radius 2 is 2.04 bits per heavy atom. The fourth-order valence-electron chi connectivity index (χ4n) is 2.57. The lowest BCUT2D eigenvalue weighted by Crippen LogP contribution is -2.36. The zero-order valence-corrected chi connectivity index (χ0v) is 16.8. The molecule has 0 aromatic heterocycles. The highest BCUT2D eigenvalue weighted by Gasteiger charge is 2.25. The number of amides is 2. The summed E-state index contributed by atoms with van der Waals surface area (Å²) >= 11 is 6.46. The van der Waals surface area contributed by atoms with Crippen LogP contribution in [-0.2, 0) is 16.2 Å². The van der Waals surface area contributed by atoms with E-state index < -0.39 is 0 Å². The Balaban J connectivity index is 1.46. The lowest BCUT2D eigenvalue weighted by atomic mass is 10.2. The van der Waals surface area contributed by atoms with E-state index in [2.05, 4.69) is 5.32 Å². The highest BCUT2D eigenvalue weighted by Crippen LogP contribution is 2.18. The van der Waals surface area contributed by atoms with Gasteiger partial charge in [-0.1, -0.05) is 66.4 Å². The molecule has 0 saturated carbocycles. The van der Waals surface area contributed by atoms with Crippen molar-refractivity contribution in [3.8, 4) is 5.75 Å². The fraction of sp³-hybridized carbons (Fsp3) is 0.190. The van der Waals surface area contributed by atoms with Gasteiger partial charge in [0.05, 0.1) is 5.75 Å². The molecule has 28 heavy (non-hydrogen) atoms. The van der Waals surface area contributed by atoms with Crippen molar-refractivity contribution in [3.63, 3.8) is 0 Å². The molecule has 0 atom stereocenters. The van der Waals surface area contributed by atoms with Crippen molar-refractivity contribution < 1.29 is 14.3 Å². The van der Waals surface area contributed by atoms with Gasteiger partial charge in [0.2, 0.25) is 11.8 Å². The molecule has 2 aromatic rings. The number of nitrogens with one attached hydrogen (secondary N) is 1. The molecule has 1 fully saturated rings. The van der Waals surface area contributed by atoms with E-state index in [4.69, 9.17) is 17.0 Å². The number of ether oxygens (including phenoxy) is 1. The molecule has 1 heterocycles. The first-order chi connectivity index (χ1) is 13.6. The van der Waals surface area contributed by atoms with E-state index in [0.717, 1.165) is 16.9 Å². The smallest absolute Gasteiger partial charge is 0.244 e. The summed E-state index contributed by atoms with van der Waals surface area (Å²) in [5, 5.41) is 2.76. The molecule has 144 valence electrons. The van der Waals surface area contributed by atoms with Crippen LogP contribution in [0.2, 0.25) is 0 Å². The normalized spacial score (nSPS) is 13.9. The fourth-order valence-corrected chi connectivity index (χ4v) is 3.69. The van der Waals surface area contributed by atoms with Gasteiger partial charge in [0, 0.05) is 19.2 Å². The summed E-state index contributed by atoms with van der Waals surface area (Å²) in [7, 11) is 0. The highest BCUT2D eigenvalue weighted by molar-refractivity contribution is 8.23. The minimum atomic E-state index is -0.221. The van der Waals surface area contributed by atoms with Gasteiger partial charge in [-0.2, -0.15) is 0 Å². The van der Waals surface area contributed by atoms with Crippen LogP contribution in [0.4, 0.5) is 0 Å². The molecule has 2 amide bonds. The molecule has 1 N–H and O–H groups in total. The molecule has 1 aliphatic rings. The molecule has 3 rings (SSSR count). The predicted octanol–water partition coefficient (Wildman–Crippen LogP) is 3.26. The maximum absolute atomic E-state index is 12.0. The topological polar surface area (TPSA) is 58.6 Å². The predicted molar refractivity (Wildman–Crippen MR) is 116 cm³/mol. The van der Waals surface area contributed by atoms with Gasteiger partial charge in [0.1, 0.15) is 16.7 Å². The van der Waals surface area contributed by atoms with E-state index in [1.54, 1.807) is 6.08 Å². The van der Waals surface area contributed by atoms with Crippen molar-refractivity contribution in [1.29, 1.82) is 0 Å². The van der Waals surface area contributed by atoms with E-state index in [-0.39, 0.29) is 11.8 Å². The summed E-state index contributed by atoms with van der Waals surface area (Å²) in [6.45, 7) is 1.24. The second-order valence-electron chi connectivity index (χ2n) is 6.07. The second kappa shape index (κ2) is 10.1. The third kappa shape index (κ3) is 5.94. The number of benzene rings is 2. The summed E-state index contributed by atoms with van der Waals surface area (Å²) in [6, 6.07) is 17.5. The van der Waals surface area contributed by atoms with E-state index in [9.17, 15) is 9.59 Å². The molecular formula is C21H20N2O3S2. The number of rotatable bonds is 8. The zero-order valence-electron chi connectivity index (χ0n) is 15.2. The third-order valence-electron chi connectivity index (χ3n) is 4.01. The van der Waals surface area contributed by atoms with Crippen LogP contribution in [0.25, 0.3) is 6.08 Å². The average molecular weight is 413 g/mol. The number of thiocarbonyl (C=S) groups is 1. The van der Waals surface area contributed by atoms with Crippen molar-refractivity contribution in [3.05, 3.63) is 71.8 Å². The highest BCUT2D eigenvalue weighted by atomic mass is 32.2. The minimum absolute atomic E-state index is 0.00731. The van der Waals surface area contributed by atoms with Gasteiger partial charge in [-0.25, -0.2) is 0 Å². The molecule has 1 saturated heterocycles. The average Bonchev–Trinajstić information content (AvgIpc) is 3.04. The largest absolute Gasteiger partial charge is 0.489 e. The van der Waals surface area contributed by atoms with E-state index in [1.807, 2.05) is 54.6 Å². The van der Waals surface area contributed by atoms with Crippen LogP contribution in [-0.4, -0.2) is 39.9 Å². The molecule has 0 spiro atoms. The molecule has 5 nitrogen and oxygen atoms in total. The van der Waals surface area contributed by atoms with Crippen LogP contribution >= 0.6 is 24.0 Å². The summed E-state index contributed by atoms with van der Waals surface area (Å²) in [6.07, 6.45) is 3.20. The van der Waals surface area contributed by atoms with E-state index in [0.29, 0.717) is 29.8 Å². The summed E-state index contributed by atoms with van der Waals surface area (Å²) < 4.78 is 6.37. The monoisotopic (exact) mass is 412 g/mol. The molecule has 0 aliphatic carbocycles. The number of hydrogen-bond donors (Lipinski definition) is 1. The van der Waals surface area contributed by atoms with Crippen LogP contribution in [0.5, 0.6) is 5.75 Å². The van der Waals surface area contributed by atoms with Gasteiger partial charge in [-0.05, 0) is 29.3 Å². The third-order valence-corrected chi connectivity index (χ3v) is 5.44. The molecular weight excluding hydrogens is 392 g/mol. The van der Waals surface area contributed by atoms with E-state index in [1.165, 1.54) is 22.7 Å². The van der Waals surface area contributed by atoms with Crippen LogP contribution in [0.3, 0.4) is 0 Å². The van der Waals surface area contributed by atoms with Crippen molar-refractivity contribution in [2.45, 2.75) is 6.61 Å². The van der Waals surface area contributed by atoms with Crippen molar-refractivity contribution in [2.24, 2.45) is 0 Å². The summed E-state index contributed by atoms with van der Waals surface area (Å²) in [5.41, 5.74) is 1.96. The summed E-state index contributed by atoms with van der Waals surface area (Å²) in [4.78, 5) is 25.1. The first kappa shape index (κ1) is 20.1. The maximum atomic E-state index is 12.0. The Morgan fingerprint density at radius 3 is 2.79 bits per heavy atom. The van der Waals surface area contributed by atoms with Crippen LogP contribution in [0, 0.1) is 0 Å². The SMILES string of the molecule is O=C(/C=C/c1cccc(OCc2ccccc2)c1)NCCN1C(=O)CSC1=S. The van der Waals surface area contributed by atoms with Gasteiger partial charge < -0.3 is 10.1 Å². The van der Waals surface area contributed by atoms with Crippen LogP contribution in [0.1, 0.15) is 11.1 Å². The first-order valence-corrected chi connectivity index (χ1v) is 10.2. The van der Waals surface area contributed by atoms with Gasteiger partial charge in [0.25, 0.3) is 0 Å². The van der Waals surface area contributed by atoms with Crippen LogP contribution < -0.4 is 10.1 Å². The molecule has 2 aromatic carbocycles. The molecule has 1 aliphatic heterocycles. The zero-order chi connectivity index (χ0) is 19.8. The van der Waals surface area contributed by atoms with Crippen molar-refractivity contribution >= 4 is 46.2 Å². The van der Waals surface area contributed by atoms with Gasteiger partial charge in [-0.15, -0.1) is 0 Å². The van der Waals surface area contributed by atoms with Crippen molar-refractivity contribution in [1.82, 2.24) is 10.2 Å². The Morgan fingerprint density at radius 1 is 1.21 bits per heavy atom. The lowest BCUT2D eigenvalue weighted by molar-refractivity contribution is -0.124. The van der Waals surface area contributed by atoms with Gasteiger partial charge in [0.15, 0.2) is 0 Å². The Bertz CT molecular complexity index is 868. The van der Waals surface area contributed by atoms with E-state index >= 15 is 0 Å².